The fourth-order valence-corrected chi connectivity index (χ4v) is 3.89. The number of para-hydroxylation sites is 1. The van der Waals surface area contributed by atoms with Gasteiger partial charge in [-0.2, -0.15) is 0 Å². The van der Waals surface area contributed by atoms with Crippen molar-refractivity contribution in [2.24, 2.45) is 0 Å². The zero-order valence-corrected chi connectivity index (χ0v) is 18.1. The number of nitrogens with one attached hydrogen (secondary N) is 1. The standard InChI is InChI=1S/C21H28N2O5S/c1-5-17-8-6-7-9-18(17)23(29(4,25)26)15-21(24)22-13-12-16-10-11-19(27-2)20(14-16)28-3/h6-11,14H,5,12-13,15H2,1-4H3,(H,22,24). The predicted molar refractivity (Wildman–Crippen MR) is 114 cm³/mol. The number of hydrogen-bond acceptors (Lipinski definition) is 5. The summed E-state index contributed by atoms with van der Waals surface area (Å²) in [6.07, 6.45) is 2.36. The van der Waals surface area contributed by atoms with Gasteiger partial charge in [0.25, 0.3) is 0 Å². The van der Waals surface area contributed by atoms with Gasteiger partial charge in [0, 0.05) is 6.54 Å². The maximum atomic E-state index is 12.4. The highest BCUT2D eigenvalue weighted by atomic mass is 32.2. The van der Waals surface area contributed by atoms with E-state index in [1.807, 2.05) is 37.3 Å². The van der Waals surface area contributed by atoms with Gasteiger partial charge in [0.1, 0.15) is 6.54 Å². The second kappa shape index (κ2) is 10.2. The van der Waals surface area contributed by atoms with Crippen LogP contribution in [-0.4, -0.2) is 47.9 Å². The molecule has 158 valence electrons. The zero-order valence-electron chi connectivity index (χ0n) is 17.3. The lowest BCUT2D eigenvalue weighted by Crippen LogP contribution is -2.41. The molecular formula is C21H28N2O5S. The average Bonchev–Trinajstić information content (AvgIpc) is 2.71. The van der Waals surface area contributed by atoms with Crippen molar-refractivity contribution in [1.82, 2.24) is 5.32 Å². The van der Waals surface area contributed by atoms with Crippen LogP contribution in [0.4, 0.5) is 5.69 Å². The zero-order chi connectivity index (χ0) is 21.4. The van der Waals surface area contributed by atoms with Crippen molar-refractivity contribution in [2.75, 3.05) is 37.9 Å². The van der Waals surface area contributed by atoms with Gasteiger partial charge in [-0.15, -0.1) is 0 Å². The van der Waals surface area contributed by atoms with Crippen LogP contribution >= 0.6 is 0 Å². The number of benzene rings is 2. The molecule has 29 heavy (non-hydrogen) atoms. The predicted octanol–water partition coefficient (Wildman–Crippen LogP) is 2.39. The van der Waals surface area contributed by atoms with Crippen molar-refractivity contribution in [3.8, 4) is 11.5 Å². The minimum absolute atomic E-state index is 0.262. The number of sulfonamides is 1. The maximum Gasteiger partial charge on any atom is 0.240 e. The molecule has 2 aromatic rings. The van der Waals surface area contributed by atoms with Crippen LogP contribution in [0.2, 0.25) is 0 Å². The number of ether oxygens (including phenoxy) is 2. The Hall–Kier alpha value is -2.74. The van der Waals surface area contributed by atoms with Crippen molar-refractivity contribution >= 4 is 21.6 Å². The summed E-state index contributed by atoms with van der Waals surface area (Å²) in [4.78, 5) is 12.4. The monoisotopic (exact) mass is 420 g/mol. The highest BCUT2D eigenvalue weighted by molar-refractivity contribution is 7.92. The summed E-state index contributed by atoms with van der Waals surface area (Å²) < 4.78 is 36.2. The molecule has 1 amide bonds. The third-order valence-electron chi connectivity index (χ3n) is 4.51. The first kappa shape index (κ1) is 22.5. The second-order valence-corrected chi connectivity index (χ2v) is 8.45. The Balaban J connectivity index is 2.03. The van der Waals surface area contributed by atoms with E-state index in [9.17, 15) is 13.2 Å². The molecule has 0 unspecified atom stereocenters. The molecule has 8 heteroatoms. The van der Waals surface area contributed by atoms with Gasteiger partial charge in [-0.25, -0.2) is 8.42 Å². The van der Waals surface area contributed by atoms with Crippen LogP contribution < -0.4 is 19.1 Å². The van der Waals surface area contributed by atoms with E-state index in [0.29, 0.717) is 36.6 Å². The van der Waals surface area contributed by atoms with Gasteiger partial charge in [0.05, 0.1) is 26.2 Å². The summed E-state index contributed by atoms with van der Waals surface area (Å²) in [5, 5.41) is 2.79. The first-order valence-electron chi connectivity index (χ1n) is 9.33. The number of amides is 1. The van der Waals surface area contributed by atoms with Crippen LogP contribution in [0.15, 0.2) is 42.5 Å². The van der Waals surface area contributed by atoms with E-state index in [2.05, 4.69) is 5.32 Å². The summed E-state index contributed by atoms with van der Waals surface area (Å²) in [5.41, 5.74) is 2.38. The number of rotatable bonds is 10. The smallest absolute Gasteiger partial charge is 0.240 e. The number of carbonyl (C=O) groups excluding carboxylic acids is 1. The Morgan fingerprint density at radius 1 is 1.07 bits per heavy atom. The molecule has 0 aliphatic rings. The fraction of sp³-hybridized carbons (Fsp3) is 0.381. The molecule has 2 rings (SSSR count). The van der Waals surface area contributed by atoms with Gasteiger partial charge in [-0.3, -0.25) is 9.10 Å². The van der Waals surface area contributed by atoms with E-state index < -0.39 is 10.0 Å². The molecule has 0 aliphatic heterocycles. The maximum absolute atomic E-state index is 12.4. The number of methoxy groups -OCH3 is 2. The molecule has 0 saturated carbocycles. The molecule has 0 radical (unpaired) electrons. The lowest BCUT2D eigenvalue weighted by Gasteiger charge is -2.24. The molecule has 0 aliphatic carbocycles. The molecule has 0 aromatic heterocycles. The molecule has 1 N–H and O–H groups in total. The number of nitrogens with zero attached hydrogens (tertiary/aromatic N) is 1. The van der Waals surface area contributed by atoms with Crippen molar-refractivity contribution in [3.63, 3.8) is 0 Å². The Morgan fingerprint density at radius 2 is 1.76 bits per heavy atom. The molecule has 2 aromatic carbocycles. The molecule has 0 spiro atoms. The first-order chi connectivity index (χ1) is 13.8. The SMILES string of the molecule is CCc1ccccc1N(CC(=O)NCCc1ccc(OC)c(OC)c1)S(C)(=O)=O. The Morgan fingerprint density at radius 3 is 2.38 bits per heavy atom. The van der Waals surface area contributed by atoms with Crippen molar-refractivity contribution in [3.05, 3.63) is 53.6 Å². The molecule has 0 atom stereocenters. The Bertz CT molecular complexity index is 944. The van der Waals surface area contributed by atoms with Gasteiger partial charge in [0.15, 0.2) is 11.5 Å². The van der Waals surface area contributed by atoms with Gasteiger partial charge >= 0.3 is 0 Å². The molecule has 0 fully saturated rings. The van der Waals surface area contributed by atoms with E-state index in [-0.39, 0.29) is 12.5 Å². The summed E-state index contributed by atoms with van der Waals surface area (Å²) >= 11 is 0. The topological polar surface area (TPSA) is 84.9 Å². The largest absolute Gasteiger partial charge is 0.493 e. The highest BCUT2D eigenvalue weighted by Crippen LogP contribution is 2.27. The number of aryl methyl sites for hydroxylation is 1. The van der Waals surface area contributed by atoms with Crippen LogP contribution in [0.1, 0.15) is 18.1 Å². The summed E-state index contributed by atoms with van der Waals surface area (Å²) in [5.74, 6) is 0.899. The molecule has 0 saturated heterocycles. The lowest BCUT2D eigenvalue weighted by molar-refractivity contribution is -0.119. The van der Waals surface area contributed by atoms with Crippen molar-refractivity contribution in [1.29, 1.82) is 0 Å². The normalized spacial score (nSPS) is 11.0. The van der Waals surface area contributed by atoms with E-state index in [4.69, 9.17) is 9.47 Å². The van der Waals surface area contributed by atoms with Crippen LogP contribution in [0.25, 0.3) is 0 Å². The van der Waals surface area contributed by atoms with Crippen LogP contribution in [0.5, 0.6) is 11.5 Å². The molecule has 0 bridgehead atoms. The van der Waals surface area contributed by atoms with Gasteiger partial charge < -0.3 is 14.8 Å². The number of anilines is 1. The minimum atomic E-state index is -3.60. The van der Waals surface area contributed by atoms with Gasteiger partial charge in [-0.05, 0) is 42.2 Å². The summed E-state index contributed by atoms with van der Waals surface area (Å²) in [7, 11) is -0.459. The fourth-order valence-electron chi connectivity index (χ4n) is 3.00. The quantitative estimate of drug-likeness (QED) is 0.638. The third-order valence-corrected chi connectivity index (χ3v) is 5.64. The minimum Gasteiger partial charge on any atom is -0.493 e. The second-order valence-electron chi connectivity index (χ2n) is 6.54. The average molecular weight is 421 g/mol. The molecule has 0 heterocycles. The Kier molecular flexibility index (Phi) is 7.90. The van der Waals surface area contributed by atoms with Gasteiger partial charge in [-0.1, -0.05) is 31.2 Å². The van der Waals surface area contributed by atoms with Crippen LogP contribution in [0.3, 0.4) is 0 Å². The summed E-state index contributed by atoms with van der Waals surface area (Å²) in [6.45, 7) is 2.06. The van der Waals surface area contributed by atoms with E-state index in [1.165, 1.54) is 0 Å². The lowest BCUT2D eigenvalue weighted by atomic mass is 10.1. The number of hydrogen-bond donors (Lipinski definition) is 1. The molecule has 7 nitrogen and oxygen atoms in total. The van der Waals surface area contributed by atoms with E-state index in [1.54, 1.807) is 26.4 Å². The van der Waals surface area contributed by atoms with E-state index in [0.717, 1.165) is 21.7 Å². The van der Waals surface area contributed by atoms with Gasteiger partial charge in [0.2, 0.25) is 15.9 Å². The Labute approximate surface area is 172 Å². The molecular weight excluding hydrogens is 392 g/mol. The summed E-state index contributed by atoms with van der Waals surface area (Å²) in [6, 6.07) is 12.8. The van der Waals surface area contributed by atoms with Crippen LogP contribution in [0, 0.1) is 0 Å². The van der Waals surface area contributed by atoms with Crippen molar-refractivity contribution in [2.45, 2.75) is 19.8 Å². The van der Waals surface area contributed by atoms with Crippen LogP contribution in [-0.2, 0) is 27.7 Å². The first-order valence-corrected chi connectivity index (χ1v) is 11.2. The highest BCUT2D eigenvalue weighted by Gasteiger charge is 2.22. The van der Waals surface area contributed by atoms with E-state index >= 15 is 0 Å². The third kappa shape index (κ3) is 6.12. The van der Waals surface area contributed by atoms with Crippen molar-refractivity contribution < 1.29 is 22.7 Å². The number of carbonyl (C=O) groups is 1.